The first-order chi connectivity index (χ1) is 14.8. The number of rotatable bonds is 8. The molecule has 0 saturated carbocycles. The maximum Gasteiger partial charge on any atom is 0.251 e. The van der Waals surface area contributed by atoms with Crippen LogP contribution in [0.2, 0.25) is 0 Å². The van der Waals surface area contributed by atoms with Crippen LogP contribution in [0, 0.1) is 12.3 Å². The van der Waals surface area contributed by atoms with Gasteiger partial charge >= 0.3 is 0 Å². The Morgan fingerprint density at radius 1 is 0.968 bits per heavy atom. The zero-order valence-electron chi connectivity index (χ0n) is 17.1. The van der Waals surface area contributed by atoms with Crippen LogP contribution in [0.15, 0.2) is 60.8 Å². The van der Waals surface area contributed by atoms with Crippen molar-refractivity contribution in [1.82, 2.24) is 10.3 Å². The van der Waals surface area contributed by atoms with E-state index in [0.717, 1.165) is 16.8 Å². The molecule has 0 aliphatic heterocycles. The van der Waals surface area contributed by atoms with Gasteiger partial charge in [0.2, 0.25) is 5.91 Å². The third kappa shape index (κ3) is 5.66. The standard InChI is InChI=1S/C23H24N6O2/c1-14-3-2-4-16(9-14)23(31)29-11-17-6-5-15(21(24)25)10-20(17)28-13-19-8-7-18(12-27-19)22(26)30/h2-10,12,28H,11,13H2,1H3,(H3,24,25)(H2,26,30)(H,29,31). The van der Waals surface area contributed by atoms with Gasteiger partial charge in [-0.1, -0.05) is 29.8 Å². The largest absolute Gasteiger partial charge is 0.384 e. The smallest absolute Gasteiger partial charge is 0.251 e. The zero-order valence-corrected chi connectivity index (χ0v) is 17.1. The molecule has 31 heavy (non-hydrogen) atoms. The summed E-state index contributed by atoms with van der Waals surface area (Å²) in [5.41, 5.74) is 15.6. The summed E-state index contributed by atoms with van der Waals surface area (Å²) in [6.45, 7) is 2.60. The number of aromatic nitrogens is 1. The lowest BCUT2D eigenvalue weighted by atomic mass is 10.1. The number of nitrogens with two attached hydrogens (primary N) is 2. The molecule has 2 amide bonds. The Kier molecular flexibility index (Phi) is 6.61. The van der Waals surface area contributed by atoms with Gasteiger partial charge < -0.3 is 22.1 Å². The minimum Gasteiger partial charge on any atom is -0.384 e. The fraction of sp³-hybridized carbons (Fsp3) is 0.130. The number of amides is 2. The van der Waals surface area contributed by atoms with Gasteiger partial charge in [-0.05, 0) is 42.8 Å². The topological polar surface area (TPSA) is 147 Å². The summed E-state index contributed by atoms with van der Waals surface area (Å²) < 4.78 is 0. The molecule has 0 unspecified atom stereocenters. The van der Waals surface area contributed by atoms with Crippen LogP contribution in [0.5, 0.6) is 0 Å². The number of anilines is 1. The van der Waals surface area contributed by atoms with Gasteiger partial charge in [-0.15, -0.1) is 0 Å². The molecule has 3 rings (SSSR count). The normalized spacial score (nSPS) is 10.4. The van der Waals surface area contributed by atoms with Crippen LogP contribution < -0.4 is 22.1 Å². The van der Waals surface area contributed by atoms with Gasteiger partial charge in [0.1, 0.15) is 5.84 Å². The first-order valence-electron chi connectivity index (χ1n) is 9.64. The van der Waals surface area contributed by atoms with E-state index in [-0.39, 0.29) is 11.7 Å². The third-order valence-corrected chi connectivity index (χ3v) is 4.71. The SMILES string of the molecule is Cc1cccc(C(=O)NCc2ccc(C(=N)N)cc2NCc2ccc(C(N)=O)cn2)c1. The van der Waals surface area contributed by atoms with Crippen LogP contribution in [0.1, 0.15) is 43.1 Å². The molecular formula is C23H24N6O2. The highest BCUT2D eigenvalue weighted by atomic mass is 16.2. The number of primary amides is 1. The molecule has 7 N–H and O–H groups in total. The summed E-state index contributed by atoms with van der Waals surface area (Å²) in [6, 6.07) is 16.0. The van der Waals surface area contributed by atoms with Crippen LogP contribution in [0.25, 0.3) is 0 Å². The van der Waals surface area contributed by atoms with E-state index in [1.807, 2.05) is 31.2 Å². The summed E-state index contributed by atoms with van der Waals surface area (Å²) in [7, 11) is 0. The van der Waals surface area contributed by atoms with Gasteiger partial charge in [0.05, 0.1) is 17.8 Å². The Labute approximate surface area is 180 Å². The number of aryl methyl sites for hydroxylation is 1. The van der Waals surface area contributed by atoms with E-state index in [1.165, 1.54) is 6.20 Å². The molecule has 0 bridgehead atoms. The maximum absolute atomic E-state index is 12.5. The fourth-order valence-electron chi connectivity index (χ4n) is 2.99. The predicted molar refractivity (Wildman–Crippen MR) is 120 cm³/mol. The van der Waals surface area contributed by atoms with Crippen LogP contribution in [0.4, 0.5) is 5.69 Å². The van der Waals surface area contributed by atoms with Crippen molar-refractivity contribution in [3.8, 4) is 0 Å². The molecule has 0 aliphatic carbocycles. The van der Waals surface area contributed by atoms with E-state index < -0.39 is 5.91 Å². The van der Waals surface area contributed by atoms with Crippen LogP contribution >= 0.6 is 0 Å². The van der Waals surface area contributed by atoms with Gasteiger partial charge in [-0.2, -0.15) is 0 Å². The first kappa shape index (κ1) is 21.5. The van der Waals surface area contributed by atoms with Crippen molar-refractivity contribution in [2.45, 2.75) is 20.0 Å². The average molecular weight is 416 g/mol. The second-order valence-electron chi connectivity index (χ2n) is 7.09. The van der Waals surface area contributed by atoms with E-state index >= 15 is 0 Å². The van der Waals surface area contributed by atoms with Gasteiger partial charge in [-0.3, -0.25) is 20.0 Å². The van der Waals surface area contributed by atoms with E-state index in [0.29, 0.717) is 35.5 Å². The molecule has 8 nitrogen and oxygen atoms in total. The number of nitrogen functional groups attached to an aromatic ring is 1. The maximum atomic E-state index is 12.5. The molecule has 1 heterocycles. The quantitative estimate of drug-likeness (QED) is 0.282. The number of pyridine rings is 1. The second kappa shape index (κ2) is 9.53. The van der Waals surface area contributed by atoms with Crippen LogP contribution in [-0.4, -0.2) is 22.6 Å². The molecule has 158 valence electrons. The number of carbonyl (C=O) groups is 2. The lowest BCUT2D eigenvalue weighted by Crippen LogP contribution is -2.23. The number of nitrogens with zero attached hydrogens (tertiary/aromatic N) is 1. The molecule has 0 fully saturated rings. The highest BCUT2D eigenvalue weighted by molar-refractivity contribution is 5.96. The van der Waals surface area contributed by atoms with E-state index in [9.17, 15) is 9.59 Å². The number of nitrogens with one attached hydrogen (secondary N) is 3. The van der Waals surface area contributed by atoms with Crippen LogP contribution in [0.3, 0.4) is 0 Å². The minimum absolute atomic E-state index is 0.0534. The Hall–Kier alpha value is -4.20. The highest BCUT2D eigenvalue weighted by Crippen LogP contribution is 2.19. The number of hydrogen-bond donors (Lipinski definition) is 5. The van der Waals surface area contributed by atoms with Gasteiger partial charge in [0.25, 0.3) is 5.91 Å². The Balaban J connectivity index is 1.74. The number of benzene rings is 2. The highest BCUT2D eigenvalue weighted by Gasteiger charge is 2.10. The van der Waals surface area contributed by atoms with Gasteiger partial charge in [0.15, 0.2) is 0 Å². The third-order valence-electron chi connectivity index (χ3n) is 4.71. The summed E-state index contributed by atoms with van der Waals surface area (Å²) >= 11 is 0. The molecular weight excluding hydrogens is 392 g/mol. The Morgan fingerprint density at radius 3 is 2.39 bits per heavy atom. The Bertz CT molecular complexity index is 1130. The van der Waals surface area contributed by atoms with Crippen molar-refractivity contribution in [2.24, 2.45) is 11.5 Å². The number of carbonyl (C=O) groups excluding carboxylic acids is 2. The molecule has 0 aliphatic rings. The van der Waals surface area contributed by atoms with Crippen LogP contribution in [-0.2, 0) is 13.1 Å². The van der Waals surface area contributed by atoms with Crippen molar-refractivity contribution >= 4 is 23.3 Å². The molecule has 8 heteroatoms. The van der Waals surface area contributed by atoms with E-state index in [2.05, 4.69) is 15.6 Å². The zero-order chi connectivity index (χ0) is 22.4. The lowest BCUT2D eigenvalue weighted by Gasteiger charge is -2.15. The van der Waals surface area contributed by atoms with Crippen molar-refractivity contribution < 1.29 is 9.59 Å². The summed E-state index contributed by atoms with van der Waals surface area (Å²) in [5, 5.41) is 13.9. The molecule has 0 atom stereocenters. The molecule has 3 aromatic rings. The second-order valence-corrected chi connectivity index (χ2v) is 7.09. The summed E-state index contributed by atoms with van der Waals surface area (Å²) in [6.07, 6.45) is 1.42. The Morgan fingerprint density at radius 2 is 1.74 bits per heavy atom. The minimum atomic E-state index is -0.534. The number of amidine groups is 1. The van der Waals surface area contributed by atoms with Gasteiger partial charge in [0, 0.05) is 29.6 Å². The van der Waals surface area contributed by atoms with E-state index in [1.54, 1.807) is 30.3 Å². The summed E-state index contributed by atoms with van der Waals surface area (Å²) in [5.74, 6) is -0.760. The van der Waals surface area contributed by atoms with E-state index in [4.69, 9.17) is 16.9 Å². The van der Waals surface area contributed by atoms with Crippen molar-refractivity contribution in [3.05, 3.63) is 94.3 Å². The molecule has 0 radical (unpaired) electrons. The van der Waals surface area contributed by atoms with Gasteiger partial charge in [-0.25, -0.2) is 0 Å². The van der Waals surface area contributed by atoms with Crippen molar-refractivity contribution in [3.63, 3.8) is 0 Å². The molecule has 2 aromatic carbocycles. The molecule has 0 spiro atoms. The first-order valence-corrected chi connectivity index (χ1v) is 9.64. The summed E-state index contributed by atoms with van der Waals surface area (Å²) in [4.78, 5) is 27.9. The fourth-order valence-corrected chi connectivity index (χ4v) is 2.99. The average Bonchev–Trinajstić information content (AvgIpc) is 2.76. The van der Waals surface area contributed by atoms with Crippen molar-refractivity contribution in [1.29, 1.82) is 5.41 Å². The number of hydrogen-bond acceptors (Lipinski definition) is 5. The lowest BCUT2D eigenvalue weighted by molar-refractivity contribution is 0.0949. The van der Waals surface area contributed by atoms with Crippen molar-refractivity contribution in [2.75, 3.05) is 5.32 Å². The predicted octanol–water partition coefficient (Wildman–Crippen LogP) is 2.32. The molecule has 1 aromatic heterocycles. The monoisotopic (exact) mass is 416 g/mol. The molecule has 0 saturated heterocycles.